The van der Waals surface area contributed by atoms with E-state index >= 15 is 0 Å². The zero-order valence-electron chi connectivity index (χ0n) is 15.0. The smallest absolute Gasteiger partial charge is 0.225 e. The molecule has 124 valence electrons. The number of carbonyl (C=O) groups excluding carboxylic acids is 1. The van der Waals surface area contributed by atoms with Gasteiger partial charge < -0.3 is 9.80 Å². The van der Waals surface area contributed by atoms with Gasteiger partial charge in [-0.15, -0.1) is 0 Å². The van der Waals surface area contributed by atoms with Crippen molar-refractivity contribution in [2.45, 2.75) is 66.7 Å². The summed E-state index contributed by atoms with van der Waals surface area (Å²) >= 11 is 0. The number of nitrogens with zero attached hydrogens (tertiary/aromatic N) is 2. The van der Waals surface area contributed by atoms with Crippen LogP contribution in [0.25, 0.3) is 0 Å². The van der Waals surface area contributed by atoms with Gasteiger partial charge in [-0.05, 0) is 45.3 Å². The summed E-state index contributed by atoms with van der Waals surface area (Å²) in [5.41, 5.74) is 0.478. The zero-order chi connectivity index (χ0) is 15.9. The molecule has 2 heterocycles. The number of amides is 1. The van der Waals surface area contributed by atoms with Crippen LogP contribution in [0.5, 0.6) is 0 Å². The van der Waals surface area contributed by atoms with Gasteiger partial charge in [0.1, 0.15) is 0 Å². The molecule has 2 aliphatic heterocycles. The van der Waals surface area contributed by atoms with E-state index in [2.05, 4.69) is 30.6 Å². The van der Waals surface area contributed by atoms with Gasteiger partial charge in [-0.3, -0.25) is 4.79 Å². The van der Waals surface area contributed by atoms with Gasteiger partial charge in [0.05, 0.1) is 0 Å². The van der Waals surface area contributed by atoms with Crippen LogP contribution < -0.4 is 0 Å². The second kappa shape index (κ2) is 8.77. The summed E-state index contributed by atoms with van der Waals surface area (Å²) in [6.45, 7) is 16.2. The number of likely N-dealkylation sites (tertiary alicyclic amines) is 2. The number of unbranched alkanes of at least 4 members (excludes halogenated alkanes) is 1. The van der Waals surface area contributed by atoms with Crippen molar-refractivity contribution in [1.29, 1.82) is 0 Å². The Morgan fingerprint density at radius 2 is 1.71 bits per heavy atom. The van der Waals surface area contributed by atoms with E-state index in [4.69, 9.17) is 0 Å². The van der Waals surface area contributed by atoms with E-state index in [1.54, 1.807) is 0 Å². The Hall–Kier alpha value is -0.570. The highest BCUT2D eigenvalue weighted by Crippen LogP contribution is 2.41. The van der Waals surface area contributed by atoms with E-state index in [1.165, 1.54) is 45.3 Å². The van der Waals surface area contributed by atoms with Crippen molar-refractivity contribution in [1.82, 2.24) is 9.80 Å². The lowest BCUT2D eigenvalue weighted by atomic mass is 9.71. The number of rotatable bonds is 5. The fraction of sp³-hybridized carbons (Fsp3) is 0.944. The molecule has 0 aliphatic carbocycles. The Kier molecular flexibility index (Phi) is 7.72. The molecule has 0 aromatic heterocycles. The van der Waals surface area contributed by atoms with Gasteiger partial charge in [-0.1, -0.05) is 41.0 Å². The predicted molar refractivity (Wildman–Crippen MR) is 90.4 cm³/mol. The van der Waals surface area contributed by atoms with Crippen LogP contribution in [0.2, 0.25) is 0 Å². The molecule has 2 saturated heterocycles. The molecule has 2 rings (SSSR count). The van der Waals surface area contributed by atoms with Gasteiger partial charge in [0.15, 0.2) is 0 Å². The monoisotopic (exact) mass is 296 g/mol. The highest BCUT2D eigenvalue weighted by atomic mass is 16.2. The van der Waals surface area contributed by atoms with E-state index in [9.17, 15) is 4.79 Å². The van der Waals surface area contributed by atoms with E-state index in [-0.39, 0.29) is 5.92 Å². The fourth-order valence-corrected chi connectivity index (χ4v) is 3.35. The highest BCUT2D eigenvalue weighted by molar-refractivity contribution is 5.79. The molecule has 0 radical (unpaired) electrons. The molecule has 21 heavy (non-hydrogen) atoms. The Bertz CT molecular complexity index is 300. The molecule has 1 spiro atoms. The van der Waals surface area contributed by atoms with Crippen LogP contribution in [0.1, 0.15) is 66.7 Å². The molecule has 2 aliphatic rings. The quantitative estimate of drug-likeness (QED) is 0.771. The highest BCUT2D eigenvalue weighted by Gasteiger charge is 2.46. The molecule has 0 aromatic rings. The average molecular weight is 296 g/mol. The van der Waals surface area contributed by atoms with Gasteiger partial charge >= 0.3 is 0 Å². The molecule has 2 fully saturated rings. The first-order valence-corrected chi connectivity index (χ1v) is 9.11. The standard InChI is InChI=1S/C16H30N2O.C2H6/c1-4-6-9-17-10-7-16(8-11-17)12-18(13-16)15(19)14(3)5-2;1-2/h14H,4-13H2,1-3H3;1-2H3. The van der Waals surface area contributed by atoms with Crippen LogP contribution in [0, 0.1) is 11.3 Å². The van der Waals surface area contributed by atoms with Crippen molar-refractivity contribution in [2.75, 3.05) is 32.7 Å². The SMILES string of the molecule is CC.CCCCN1CCC2(CC1)CN(C(=O)C(C)CC)C2. The minimum atomic E-state index is 0.210. The minimum absolute atomic E-state index is 0.210. The largest absolute Gasteiger partial charge is 0.341 e. The van der Waals surface area contributed by atoms with Crippen LogP contribution in [-0.4, -0.2) is 48.4 Å². The van der Waals surface area contributed by atoms with E-state index < -0.39 is 0 Å². The molecule has 0 saturated carbocycles. The lowest BCUT2D eigenvalue weighted by Crippen LogP contribution is -2.62. The van der Waals surface area contributed by atoms with Gasteiger partial charge in [-0.25, -0.2) is 0 Å². The van der Waals surface area contributed by atoms with Crippen LogP contribution >= 0.6 is 0 Å². The maximum Gasteiger partial charge on any atom is 0.225 e. The number of hydrogen-bond donors (Lipinski definition) is 0. The van der Waals surface area contributed by atoms with Gasteiger partial charge in [0.25, 0.3) is 0 Å². The summed E-state index contributed by atoms with van der Waals surface area (Å²) in [5.74, 6) is 0.587. The third-order valence-electron chi connectivity index (χ3n) is 5.14. The van der Waals surface area contributed by atoms with Crippen LogP contribution in [0.3, 0.4) is 0 Å². The minimum Gasteiger partial charge on any atom is -0.341 e. The van der Waals surface area contributed by atoms with E-state index in [1.807, 2.05) is 13.8 Å². The predicted octanol–water partition coefficient (Wildman–Crippen LogP) is 3.78. The summed E-state index contributed by atoms with van der Waals surface area (Å²) < 4.78 is 0. The maximum atomic E-state index is 12.1. The molecular weight excluding hydrogens is 260 g/mol. The van der Waals surface area contributed by atoms with Gasteiger partial charge in [-0.2, -0.15) is 0 Å². The lowest BCUT2D eigenvalue weighted by molar-refractivity contribution is -0.150. The molecule has 0 aromatic carbocycles. The van der Waals surface area contributed by atoms with Crippen LogP contribution in [-0.2, 0) is 4.79 Å². The first-order chi connectivity index (χ1) is 10.1. The number of carbonyl (C=O) groups is 1. The van der Waals surface area contributed by atoms with E-state index in [0.29, 0.717) is 11.3 Å². The van der Waals surface area contributed by atoms with Crippen molar-refractivity contribution in [3.8, 4) is 0 Å². The number of hydrogen-bond acceptors (Lipinski definition) is 2. The van der Waals surface area contributed by atoms with Crippen molar-refractivity contribution < 1.29 is 4.79 Å². The van der Waals surface area contributed by atoms with Crippen molar-refractivity contribution in [2.24, 2.45) is 11.3 Å². The first-order valence-electron chi connectivity index (χ1n) is 9.11. The van der Waals surface area contributed by atoms with Crippen molar-refractivity contribution >= 4 is 5.91 Å². The van der Waals surface area contributed by atoms with Gasteiger partial charge in [0, 0.05) is 24.4 Å². The molecule has 3 nitrogen and oxygen atoms in total. The van der Waals surface area contributed by atoms with Crippen molar-refractivity contribution in [3.05, 3.63) is 0 Å². The molecule has 1 atom stereocenters. The molecule has 1 amide bonds. The Balaban J connectivity index is 0.00000106. The zero-order valence-corrected chi connectivity index (χ0v) is 15.0. The summed E-state index contributed by atoms with van der Waals surface area (Å²) in [5, 5.41) is 0. The fourth-order valence-electron chi connectivity index (χ4n) is 3.35. The molecule has 1 unspecified atom stereocenters. The third kappa shape index (κ3) is 4.70. The normalized spacial score (nSPS) is 22.2. The Morgan fingerprint density at radius 1 is 1.14 bits per heavy atom. The topological polar surface area (TPSA) is 23.6 Å². The Morgan fingerprint density at radius 3 is 2.19 bits per heavy atom. The number of piperidine rings is 1. The van der Waals surface area contributed by atoms with Gasteiger partial charge in [0.2, 0.25) is 5.91 Å². The third-order valence-corrected chi connectivity index (χ3v) is 5.14. The molecular formula is C18H36N2O. The molecule has 3 heteroatoms. The summed E-state index contributed by atoms with van der Waals surface area (Å²) in [4.78, 5) is 16.8. The van der Waals surface area contributed by atoms with Crippen LogP contribution in [0.15, 0.2) is 0 Å². The lowest BCUT2D eigenvalue weighted by Gasteiger charge is -2.54. The summed E-state index contributed by atoms with van der Waals surface area (Å²) in [6, 6.07) is 0. The summed E-state index contributed by atoms with van der Waals surface area (Å²) in [7, 11) is 0. The maximum absolute atomic E-state index is 12.1. The van der Waals surface area contributed by atoms with Crippen LogP contribution in [0.4, 0.5) is 0 Å². The molecule has 0 bridgehead atoms. The molecule has 0 N–H and O–H groups in total. The van der Waals surface area contributed by atoms with E-state index in [0.717, 1.165) is 19.5 Å². The second-order valence-electron chi connectivity index (χ2n) is 6.70. The first kappa shape index (κ1) is 18.5. The Labute approximate surface area is 132 Å². The second-order valence-corrected chi connectivity index (χ2v) is 6.70. The summed E-state index contributed by atoms with van der Waals surface area (Å²) in [6.07, 6.45) is 6.17. The average Bonchev–Trinajstić information content (AvgIpc) is 2.51. The van der Waals surface area contributed by atoms with Crippen molar-refractivity contribution in [3.63, 3.8) is 0 Å².